The van der Waals surface area contributed by atoms with E-state index in [0.29, 0.717) is 11.3 Å². The largest absolute Gasteiger partial charge is 0.481 e. The number of anilines is 1. The van der Waals surface area contributed by atoms with Crippen molar-refractivity contribution < 1.29 is 33.3 Å². The minimum Gasteiger partial charge on any atom is -0.481 e. The van der Waals surface area contributed by atoms with Crippen LogP contribution in [0.15, 0.2) is 71.0 Å². The van der Waals surface area contributed by atoms with Crippen LogP contribution in [0.1, 0.15) is 11.1 Å². The van der Waals surface area contributed by atoms with Gasteiger partial charge in [0.05, 0.1) is 32.4 Å². The molecule has 12 heteroatoms. The van der Waals surface area contributed by atoms with Crippen LogP contribution < -0.4 is 24.4 Å². The van der Waals surface area contributed by atoms with Crippen molar-refractivity contribution in [1.29, 1.82) is 0 Å². The Morgan fingerprint density at radius 1 is 1.05 bits per heavy atom. The van der Waals surface area contributed by atoms with Crippen molar-refractivity contribution in [2.45, 2.75) is 5.54 Å². The van der Waals surface area contributed by atoms with Crippen LogP contribution in [0, 0.1) is 5.82 Å². The zero-order valence-corrected chi connectivity index (χ0v) is 20.6. The van der Waals surface area contributed by atoms with E-state index in [9.17, 15) is 14.7 Å². The molecule has 2 aromatic carbocycles. The summed E-state index contributed by atoms with van der Waals surface area (Å²) in [4.78, 5) is 39.1. The number of carboxylic acids is 1. The normalized spacial score (nSPS) is 18.7. The summed E-state index contributed by atoms with van der Waals surface area (Å²) in [5.74, 6) is -2.23. The monoisotopic (exact) mass is 519 g/mol. The first kappa shape index (κ1) is 24.8. The Labute approximate surface area is 216 Å². The number of likely N-dealkylation sites (N-methyl/N-ethyl adjacent to an activating group) is 1. The number of nitrogens with zero attached hydrogens (tertiary/aromatic N) is 4. The van der Waals surface area contributed by atoms with Gasteiger partial charge in [-0.15, -0.1) is 0 Å². The van der Waals surface area contributed by atoms with E-state index in [1.54, 1.807) is 37.4 Å². The highest BCUT2D eigenvalue weighted by molar-refractivity contribution is 6.45. The number of rotatable bonds is 7. The second kappa shape index (κ2) is 9.56. The minimum atomic E-state index is -1.68. The second-order valence-electron chi connectivity index (χ2n) is 8.34. The predicted molar refractivity (Wildman–Crippen MR) is 133 cm³/mol. The molecule has 0 saturated carbocycles. The number of carboxylic acid groups (broad SMARTS) is 1. The Balaban J connectivity index is 1.80. The summed E-state index contributed by atoms with van der Waals surface area (Å²) in [5, 5.41) is 13.2. The summed E-state index contributed by atoms with van der Waals surface area (Å²) < 4.78 is 31.8. The second-order valence-corrected chi connectivity index (χ2v) is 8.34. The quantitative estimate of drug-likeness (QED) is 0.482. The lowest BCUT2D eigenvalue weighted by Crippen LogP contribution is -2.52. The van der Waals surface area contributed by atoms with E-state index in [0.717, 1.165) is 0 Å². The third kappa shape index (κ3) is 3.91. The zero-order chi connectivity index (χ0) is 27.0. The first-order chi connectivity index (χ1) is 18.3. The number of aromatic nitrogens is 2. The van der Waals surface area contributed by atoms with E-state index in [4.69, 9.17) is 14.2 Å². The van der Waals surface area contributed by atoms with Gasteiger partial charge in [0.15, 0.2) is 5.71 Å². The van der Waals surface area contributed by atoms with Gasteiger partial charge in [0, 0.05) is 23.9 Å². The van der Waals surface area contributed by atoms with Gasteiger partial charge in [0.2, 0.25) is 23.6 Å². The number of benzene rings is 2. The average molecular weight is 519 g/mol. The molecule has 1 atom stereocenters. The Hall–Kier alpha value is -4.84. The number of aliphatic imine (C=N–C) groups is 1. The summed E-state index contributed by atoms with van der Waals surface area (Å²) in [5.41, 5.74) is -1.12. The number of aliphatic carboxylic acids is 1. The number of ether oxygens (including phenoxy) is 3. The van der Waals surface area contributed by atoms with Crippen molar-refractivity contribution in [3.8, 4) is 17.8 Å². The molecule has 2 N–H and O–H groups in total. The molecule has 0 bridgehead atoms. The third-order valence-electron chi connectivity index (χ3n) is 6.33. The van der Waals surface area contributed by atoms with Crippen LogP contribution in [0.25, 0.3) is 0 Å². The first-order valence-electron chi connectivity index (χ1n) is 11.4. The van der Waals surface area contributed by atoms with Gasteiger partial charge in [0.25, 0.3) is 0 Å². The number of carbonyl (C=O) groups is 2. The molecule has 0 fully saturated rings. The Bertz CT molecular complexity index is 1500. The Morgan fingerprint density at radius 2 is 1.68 bits per heavy atom. The standard InChI is InChI=1S/C26H22FN5O6/c1-32-17-11-7-5-9-15(17)26(28-13-20(32)33,14-8-4-6-10-16(14)27)21-22(24(34)35)31-23(21)38-25-29-18(36-2)12-19(30-25)37-3/h4-12,28H,13H2,1-3H3,(H,34,35)/t26-/m0/s1. The zero-order valence-electron chi connectivity index (χ0n) is 20.6. The number of carbonyl (C=O) groups excluding carboxylic acids is 1. The molecular formula is C26H22FN5O6. The van der Waals surface area contributed by atoms with Crippen LogP contribution >= 0.6 is 0 Å². The maximum atomic E-state index is 15.6. The molecule has 0 saturated heterocycles. The molecular weight excluding hydrogens is 497 g/mol. The summed E-state index contributed by atoms with van der Waals surface area (Å²) in [6.45, 7) is -0.243. The van der Waals surface area contributed by atoms with Gasteiger partial charge in [-0.05, 0) is 12.1 Å². The molecule has 3 aromatic rings. The highest BCUT2D eigenvalue weighted by Gasteiger charge is 2.52. The fraction of sp³-hybridized carbons (Fsp3) is 0.192. The van der Waals surface area contributed by atoms with E-state index in [1.807, 2.05) is 0 Å². The molecule has 0 aliphatic carbocycles. The lowest BCUT2D eigenvalue weighted by molar-refractivity contribution is -0.129. The maximum Gasteiger partial charge on any atom is 0.355 e. The number of para-hydroxylation sites is 1. The number of fused-ring (bicyclic) bond motifs is 1. The first-order valence-corrected chi connectivity index (χ1v) is 11.4. The molecule has 1 amide bonds. The molecule has 0 radical (unpaired) electrons. The van der Waals surface area contributed by atoms with E-state index in [2.05, 4.69) is 20.3 Å². The van der Waals surface area contributed by atoms with Crippen LogP contribution in [0.4, 0.5) is 10.1 Å². The maximum absolute atomic E-state index is 15.6. The lowest BCUT2D eigenvalue weighted by atomic mass is 9.72. The number of hydrogen-bond acceptors (Lipinski definition) is 9. The van der Waals surface area contributed by atoms with Crippen LogP contribution in [0.5, 0.6) is 17.8 Å². The fourth-order valence-corrected chi connectivity index (χ4v) is 4.56. The van der Waals surface area contributed by atoms with Gasteiger partial charge in [-0.1, -0.05) is 36.4 Å². The van der Waals surface area contributed by atoms with Crippen molar-refractivity contribution in [2.75, 3.05) is 32.7 Å². The summed E-state index contributed by atoms with van der Waals surface area (Å²) in [6, 6.07) is 13.9. The number of halogens is 1. The predicted octanol–water partition coefficient (Wildman–Crippen LogP) is 2.27. The van der Waals surface area contributed by atoms with Crippen molar-refractivity contribution in [3.63, 3.8) is 0 Å². The van der Waals surface area contributed by atoms with Crippen LogP contribution in [-0.2, 0) is 15.1 Å². The molecule has 2 aliphatic heterocycles. The number of methoxy groups -OCH3 is 2. The summed E-state index contributed by atoms with van der Waals surface area (Å²) >= 11 is 0. The molecule has 0 spiro atoms. The molecule has 2 aliphatic rings. The topological polar surface area (TPSA) is 135 Å². The van der Waals surface area contributed by atoms with E-state index in [-0.39, 0.29) is 53.0 Å². The SMILES string of the molecule is COc1cc(OC)nc(OC2=C([C@@]3(c4ccccc4F)NCC(=O)N(C)c4ccccc43)C(C(=O)O)=N2)n1. The van der Waals surface area contributed by atoms with Gasteiger partial charge in [-0.3, -0.25) is 10.1 Å². The van der Waals surface area contributed by atoms with Crippen LogP contribution in [0.3, 0.4) is 0 Å². The highest BCUT2D eigenvalue weighted by atomic mass is 19.1. The average Bonchev–Trinajstić information content (AvgIpc) is 3.02. The third-order valence-corrected chi connectivity index (χ3v) is 6.33. The van der Waals surface area contributed by atoms with Gasteiger partial charge < -0.3 is 24.2 Å². The lowest BCUT2D eigenvalue weighted by Gasteiger charge is -2.40. The number of nitrogens with one attached hydrogen (secondary N) is 1. The molecule has 38 heavy (non-hydrogen) atoms. The van der Waals surface area contributed by atoms with Crippen LogP contribution in [-0.4, -0.2) is 60.5 Å². The van der Waals surface area contributed by atoms with Crippen molar-refractivity contribution in [2.24, 2.45) is 4.99 Å². The molecule has 194 valence electrons. The van der Waals surface area contributed by atoms with Gasteiger partial charge in [-0.25, -0.2) is 14.2 Å². The van der Waals surface area contributed by atoms with E-state index >= 15 is 4.39 Å². The van der Waals surface area contributed by atoms with E-state index in [1.165, 1.54) is 43.4 Å². The van der Waals surface area contributed by atoms with Crippen LogP contribution in [0.2, 0.25) is 0 Å². The molecule has 3 heterocycles. The van der Waals surface area contributed by atoms with Crippen molar-refractivity contribution >= 4 is 23.3 Å². The summed E-state index contributed by atoms with van der Waals surface area (Å²) in [6.07, 6.45) is 0. The highest BCUT2D eigenvalue weighted by Crippen LogP contribution is 2.48. The van der Waals surface area contributed by atoms with Crippen molar-refractivity contribution in [1.82, 2.24) is 15.3 Å². The van der Waals surface area contributed by atoms with Gasteiger partial charge in [-0.2, -0.15) is 9.97 Å². The number of hydrogen-bond donors (Lipinski definition) is 2. The Morgan fingerprint density at radius 3 is 2.32 bits per heavy atom. The van der Waals surface area contributed by atoms with Gasteiger partial charge in [0.1, 0.15) is 11.4 Å². The molecule has 0 unspecified atom stereocenters. The molecule has 1 aromatic heterocycles. The van der Waals surface area contributed by atoms with Crippen molar-refractivity contribution in [3.05, 3.63) is 83.0 Å². The molecule has 5 rings (SSSR count). The molecule has 11 nitrogen and oxygen atoms in total. The minimum absolute atomic E-state index is 0.00367. The van der Waals surface area contributed by atoms with Gasteiger partial charge >= 0.3 is 12.0 Å². The smallest absolute Gasteiger partial charge is 0.355 e. The summed E-state index contributed by atoms with van der Waals surface area (Å²) in [7, 11) is 4.39. The number of amides is 1. The van der Waals surface area contributed by atoms with E-state index < -0.39 is 17.3 Å². The fourth-order valence-electron chi connectivity index (χ4n) is 4.56. The Kier molecular flexibility index (Phi) is 6.25.